The Kier molecular flexibility index (Phi) is 4.48. The third-order valence-corrected chi connectivity index (χ3v) is 5.18. The highest BCUT2D eigenvalue weighted by Crippen LogP contribution is 2.32. The highest BCUT2D eigenvalue weighted by atomic mass is 35.5. The van der Waals surface area contributed by atoms with E-state index < -0.39 is 5.82 Å². The minimum absolute atomic E-state index is 0.206. The number of benzene rings is 1. The number of fused-ring (bicyclic) bond motifs is 1. The summed E-state index contributed by atoms with van der Waals surface area (Å²) in [7, 11) is 0. The van der Waals surface area contributed by atoms with Crippen molar-refractivity contribution in [1.29, 1.82) is 0 Å². The fourth-order valence-corrected chi connectivity index (χ4v) is 3.67. The fraction of sp³-hybridized carbons (Fsp3) is 0.200. The summed E-state index contributed by atoms with van der Waals surface area (Å²) in [6.07, 6.45) is 1.28. The summed E-state index contributed by atoms with van der Waals surface area (Å²) in [5.41, 5.74) is 1.42. The molecule has 30 heavy (non-hydrogen) atoms. The smallest absolute Gasteiger partial charge is 0.157 e. The minimum atomic E-state index is -0.461. The van der Waals surface area contributed by atoms with Gasteiger partial charge < -0.3 is 20.3 Å². The van der Waals surface area contributed by atoms with Crippen molar-refractivity contribution in [2.24, 2.45) is 0 Å². The molecule has 1 saturated heterocycles. The van der Waals surface area contributed by atoms with Crippen LogP contribution in [0.25, 0.3) is 22.4 Å². The number of nitrogens with zero attached hydrogens (tertiary/aromatic N) is 5. The number of β-amino-alcohol motifs (C(OH)–C–C–N with tert-alkyl or cyclic N) is 1. The zero-order valence-corrected chi connectivity index (χ0v) is 16.7. The normalized spacial score (nSPS) is 14.2. The van der Waals surface area contributed by atoms with Crippen LogP contribution in [0.4, 0.5) is 21.8 Å². The van der Waals surface area contributed by atoms with Gasteiger partial charge >= 0.3 is 0 Å². The molecule has 1 aliphatic rings. The Hall–Kier alpha value is -3.30. The van der Waals surface area contributed by atoms with Gasteiger partial charge in [-0.1, -0.05) is 17.7 Å². The summed E-state index contributed by atoms with van der Waals surface area (Å²) in [6.45, 7) is 2.88. The first-order valence-electron chi connectivity index (χ1n) is 9.33. The van der Waals surface area contributed by atoms with Crippen LogP contribution in [0.1, 0.15) is 5.82 Å². The van der Waals surface area contributed by atoms with Gasteiger partial charge in [0.15, 0.2) is 5.82 Å². The van der Waals surface area contributed by atoms with E-state index >= 15 is 0 Å². The van der Waals surface area contributed by atoms with Gasteiger partial charge in [0.2, 0.25) is 0 Å². The Balaban J connectivity index is 1.52. The molecule has 0 bridgehead atoms. The molecule has 1 aliphatic heterocycles. The predicted octanol–water partition coefficient (Wildman–Crippen LogP) is 3.44. The predicted molar refractivity (Wildman–Crippen MR) is 113 cm³/mol. The molecule has 3 aromatic heterocycles. The number of aryl methyl sites for hydroxylation is 1. The first kappa shape index (κ1) is 18.7. The highest BCUT2D eigenvalue weighted by Gasteiger charge is 2.26. The Labute approximate surface area is 175 Å². The second kappa shape index (κ2) is 7.19. The van der Waals surface area contributed by atoms with Crippen LogP contribution in [-0.2, 0) is 0 Å². The SMILES string of the molecule is Cc1nc(Nc2nccc3nc(-c4c(F)cccc4Cl)[nH]c23)cc(N2CC(O)C2)n1. The summed E-state index contributed by atoms with van der Waals surface area (Å²) in [5, 5.41) is 13.0. The molecule has 0 aliphatic carbocycles. The quantitative estimate of drug-likeness (QED) is 0.460. The molecule has 5 rings (SSSR count). The number of nitrogens with one attached hydrogen (secondary N) is 2. The van der Waals surface area contributed by atoms with E-state index in [1.165, 1.54) is 6.07 Å². The van der Waals surface area contributed by atoms with Gasteiger partial charge in [-0.05, 0) is 25.1 Å². The van der Waals surface area contributed by atoms with Crippen LogP contribution in [0.15, 0.2) is 36.5 Å². The lowest BCUT2D eigenvalue weighted by Crippen LogP contribution is -2.51. The van der Waals surface area contributed by atoms with Crippen LogP contribution in [0.2, 0.25) is 5.02 Å². The van der Waals surface area contributed by atoms with E-state index in [4.69, 9.17) is 11.6 Å². The summed E-state index contributed by atoms with van der Waals surface area (Å²) in [4.78, 5) is 22.8. The Morgan fingerprint density at radius 1 is 1.23 bits per heavy atom. The maximum absolute atomic E-state index is 14.3. The molecule has 0 amide bonds. The number of aliphatic hydroxyl groups is 1. The van der Waals surface area contributed by atoms with Crippen molar-refractivity contribution in [3.8, 4) is 11.4 Å². The third-order valence-electron chi connectivity index (χ3n) is 4.86. The number of anilines is 3. The van der Waals surface area contributed by atoms with Crippen molar-refractivity contribution in [3.63, 3.8) is 0 Å². The third kappa shape index (κ3) is 3.31. The van der Waals surface area contributed by atoms with E-state index in [2.05, 4.69) is 30.2 Å². The molecule has 4 heterocycles. The molecule has 3 N–H and O–H groups in total. The number of halogens is 2. The second-order valence-corrected chi connectivity index (χ2v) is 7.49. The molecule has 1 fully saturated rings. The van der Waals surface area contributed by atoms with Crippen molar-refractivity contribution in [2.45, 2.75) is 13.0 Å². The van der Waals surface area contributed by atoms with Crippen LogP contribution in [0.5, 0.6) is 0 Å². The average molecular weight is 426 g/mol. The number of imidazole rings is 1. The van der Waals surface area contributed by atoms with Crippen molar-refractivity contribution in [2.75, 3.05) is 23.3 Å². The highest BCUT2D eigenvalue weighted by molar-refractivity contribution is 6.33. The molecular weight excluding hydrogens is 409 g/mol. The van der Waals surface area contributed by atoms with E-state index in [0.29, 0.717) is 47.4 Å². The average Bonchev–Trinajstić information content (AvgIpc) is 3.09. The number of aromatic amines is 1. The maximum atomic E-state index is 14.3. The van der Waals surface area contributed by atoms with Crippen molar-refractivity contribution in [1.82, 2.24) is 24.9 Å². The Morgan fingerprint density at radius 3 is 2.83 bits per heavy atom. The standard InChI is InChI=1S/C20H17ClFN7O/c1-10-24-15(7-16(25-10)29-8-11(30)9-29)27-20-18-14(5-6-23-20)26-19(28-18)17-12(21)3-2-4-13(17)22/h2-7,11,30H,8-9H2,1H3,(H,26,28)(H,23,24,25,27). The number of pyridine rings is 1. The molecule has 4 aromatic rings. The summed E-state index contributed by atoms with van der Waals surface area (Å²) < 4.78 is 14.3. The number of aromatic nitrogens is 5. The molecule has 8 nitrogen and oxygen atoms in total. The van der Waals surface area contributed by atoms with E-state index in [1.54, 1.807) is 37.4 Å². The molecular formula is C20H17ClFN7O. The van der Waals surface area contributed by atoms with Gasteiger partial charge in [-0.3, -0.25) is 0 Å². The number of hydrogen-bond acceptors (Lipinski definition) is 7. The van der Waals surface area contributed by atoms with Gasteiger partial charge in [0.25, 0.3) is 0 Å². The van der Waals surface area contributed by atoms with Crippen LogP contribution < -0.4 is 10.2 Å². The number of rotatable bonds is 4. The molecule has 10 heteroatoms. The van der Waals surface area contributed by atoms with Crippen LogP contribution in [-0.4, -0.2) is 49.2 Å². The first-order chi connectivity index (χ1) is 14.5. The zero-order valence-electron chi connectivity index (χ0n) is 15.9. The van der Waals surface area contributed by atoms with Gasteiger partial charge in [-0.25, -0.2) is 24.3 Å². The summed E-state index contributed by atoms with van der Waals surface area (Å²) in [6, 6.07) is 8.02. The van der Waals surface area contributed by atoms with E-state index in [9.17, 15) is 9.50 Å². The second-order valence-electron chi connectivity index (χ2n) is 7.08. The topological polar surface area (TPSA) is 103 Å². The van der Waals surface area contributed by atoms with E-state index in [0.717, 1.165) is 5.82 Å². The summed E-state index contributed by atoms with van der Waals surface area (Å²) >= 11 is 6.18. The van der Waals surface area contributed by atoms with Crippen molar-refractivity contribution in [3.05, 3.63) is 53.2 Å². The molecule has 0 atom stereocenters. The molecule has 0 spiro atoms. The first-order valence-corrected chi connectivity index (χ1v) is 9.70. The van der Waals surface area contributed by atoms with Gasteiger partial charge in [0.05, 0.1) is 22.2 Å². The largest absolute Gasteiger partial charge is 0.389 e. The number of hydrogen-bond donors (Lipinski definition) is 3. The Bertz CT molecular complexity index is 1240. The van der Waals surface area contributed by atoms with E-state index in [-0.39, 0.29) is 16.7 Å². The van der Waals surface area contributed by atoms with Crippen LogP contribution in [0.3, 0.4) is 0 Å². The van der Waals surface area contributed by atoms with E-state index in [1.807, 2.05) is 4.90 Å². The molecule has 0 unspecified atom stereocenters. The van der Waals surface area contributed by atoms with Crippen LogP contribution in [0, 0.1) is 12.7 Å². The lowest BCUT2D eigenvalue weighted by Gasteiger charge is -2.36. The van der Waals surface area contributed by atoms with Crippen molar-refractivity contribution < 1.29 is 9.50 Å². The van der Waals surface area contributed by atoms with Gasteiger partial charge in [-0.2, -0.15) is 0 Å². The lowest BCUT2D eigenvalue weighted by atomic mass is 10.2. The van der Waals surface area contributed by atoms with Gasteiger partial charge in [0, 0.05) is 25.4 Å². The molecule has 0 saturated carbocycles. The Morgan fingerprint density at radius 2 is 2.07 bits per heavy atom. The molecule has 152 valence electrons. The number of H-pyrrole nitrogens is 1. The molecule has 0 radical (unpaired) electrons. The maximum Gasteiger partial charge on any atom is 0.157 e. The molecule has 1 aromatic carbocycles. The lowest BCUT2D eigenvalue weighted by molar-refractivity contribution is 0.141. The zero-order chi connectivity index (χ0) is 20.8. The van der Waals surface area contributed by atoms with Gasteiger partial charge in [-0.15, -0.1) is 0 Å². The van der Waals surface area contributed by atoms with Gasteiger partial charge in [0.1, 0.15) is 34.6 Å². The monoisotopic (exact) mass is 425 g/mol. The minimum Gasteiger partial charge on any atom is -0.389 e. The fourth-order valence-electron chi connectivity index (χ4n) is 3.41. The summed E-state index contributed by atoms with van der Waals surface area (Å²) in [5.74, 6) is 2.22. The van der Waals surface area contributed by atoms with Crippen LogP contribution >= 0.6 is 11.6 Å². The number of aliphatic hydroxyl groups excluding tert-OH is 1. The van der Waals surface area contributed by atoms with Crippen molar-refractivity contribution >= 4 is 40.1 Å².